The minimum Gasteiger partial charge on any atom is -0.485 e. The molecule has 0 N–H and O–H groups in total. The number of hydrogen-bond donors (Lipinski definition) is 0. The molecule has 5 rings (SSSR count). The molecule has 1 atom stereocenters. The van der Waals surface area contributed by atoms with Crippen molar-refractivity contribution in [3.63, 3.8) is 0 Å². The van der Waals surface area contributed by atoms with Gasteiger partial charge in [-0.1, -0.05) is 24.3 Å². The van der Waals surface area contributed by atoms with E-state index in [1.165, 1.54) is 18.9 Å². The van der Waals surface area contributed by atoms with E-state index in [0.717, 1.165) is 30.0 Å². The van der Waals surface area contributed by atoms with E-state index in [2.05, 4.69) is 9.97 Å². The van der Waals surface area contributed by atoms with Crippen LogP contribution < -0.4 is 10.3 Å². The Morgan fingerprint density at radius 3 is 2.44 bits per heavy atom. The number of pyridine rings is 1. The van der Waals surface area contributed by atoms with Crippen LogP contribution in [0, 0.1) is 12.3 Å². The highest BCUT2D eigenvalue weighted by atomic mass is 16.7. The average Bonchev–Trinajstić information content (AvgIpc) is 3.57. The third kappa shape index (κ3) is 4.31. The number of aryl methyl sites for hydroxylation is 1. The Labute approximate surface area is 187 Å². The molecule has 1 aliphatic carbocycles. The van der Waals surface area contributed by atoms with Crippen LogP contribution in [0.5, 0.6) is 5.75 Å². The van der Waals surface area contributed by atoms with Gasteiger partial charge in [-0.2, -0.15) is 0 Å². The molecule has 0 bridgehead atoms. The van der Waals surface area contributed by atoms with Crippen LogP contribution in [0.25, 0.3) is 0 Å². The molecule has 3 aromatic rings. The Kier molecular flexibility index (Phi) is 5.53. The molecule has 0 radical (unpaired) electrons. The van der Waals surface area contributed by atoms with E-state index < -0.39 is 0 Å². The molecular formula is C25H27N3O4. The summed E-state index contributed by atoms with van der Waals surface area (Å²) in [5.41, 5.74) is 3.05. The van der Waals surface area contributed by atoms with Crippen molar-refractivity contribution >= 4 is 0 Å². The Bertz CT molecular complexity index is 1130. The Balaban J connectivity index is 1.28. The smallest absolute Gasteiger partial charge is 0.254 e. The zero-order valence-corrected chi connectivity index (χ0v) is 18.4. The lowest BCUT2D eigenvalue weighted by molar-refractivity contribution is -0.212. The summed E-state index contributed by atoms with van der Waals surface area (Å²) >= 11 is 0. The van der Waals surface area contributed by atoms with Gasteiger partial charge in [-0.05, 0) is 44.4 Å². The van der Waals surface area contributed by atoms with Gasteiger partial charge in [0, 0.05) is 35.1 Å². The second-order valence-corrected chi connectivity index (χ2v) is 8.79. The van der Waals surface area contributed by atoms with Gasteiger partial charge in [-0.15, -0.1) is 0 Å². The van der Waals surface area contributed by atoms with E-state index in [4.69, 9.17) is 14.2 Å². The first-order valence-corrected chi connectivity index (χ1v) is 11.0. The van der Waals surface area contributed by atoms with Gasteiger partial charge in [0.25, 0.3) is 5.56 Å². The summed E-state index contributed by atoms with van der Waals surface area (Å²) in [6.45, 7) is 5.69. The zero-order valence-electron chi connectivity index (χ0n) is 18.4. The fraction of sp³-hybridized carbons (Fsp3) is 0.400. The molecule has 2 fully saturated rings. The lowest BCUT2D eigenvalue weighted by Gasteiger charge is -2.29. The highest BCUT2D eigenvalue weighted by molar-refractivity contribution is 5.29. The van der Waals surface area contributed by atoms with Gasteiger partial charge in [0.05, 0.1) is 19.3 Å². The molecule has 3 heterocycles. The van der Waals surface area contributed by atoms with Gasteiger partial charge in [0.1, 0.15) is 12.4 Å². The average molecular weight is 434 g/mol. The van der Waals surface area contributed by atoms with Crippen LogP contribution in [0.2, 0.25) is 0 Å². The SMILES string of the molecule is Cc1cc(OCc2ncccn2)cc(=O)n1[C@H](C)c1ccc(C2OCC3(CC3)CO2)cc1. The fourth-order valence-corrected chi connectivity index (χ4v) is 4.15. The Morgan fingerprint density at radius 2 is 1.81 bits per heavy atom. The molecule has 7 heteroatoms. The second-order valence-electron chi connectivity index (χ2n) is 8.79. The zero-order chi connectivity index (χ0) is 22.1. The van der Waals surface area contributed by atoms with Crippen LogP contribution in [0.1, 0.15) is 54.7 Å². The molecule has 32 heavy (non-hydrogen) atoms. The van der Waals surface area contributed by atoms with Crippen molar-refractivity contribution < 1.29 is 14.2 Å². The first-order chi connectivity index (χ1) is 15.5. The lowest BCUT2D eigenvalue weighted by Crippen LogP contribution is -2.28. The molecule has 2 aromatic heterocycles. The number of hydrogen-bond acceptors (Lipinski definition) is 6. The Hall–Kier alpha value is -3.03. The summed E-state index contributed by atoms with van der Waals surface area (Å²) in [6.07, 6.45) is 5.43. The third-order valence-corrected chi connectivity index (χ3v) is 6.34. The Morgan fingerprint density at radius 1 is 1.12 bits per heavy atom. The molecule has 0 amide bonds. The minimum atomic E-state index is -0.305. The summed E-state index contributed by atoms with van der Waals surface area (Å²) in [5, 5.41) is 0. The summed E-state index contributed by atoms with van der Waals surface area (Å²) in [5.74, 6) is 1.08. The summed E-state index contributed by atoms with van der Waals surface area (Å²) in [4.78, 5) is 21.2. The fourth-order valence-electron chi connectivity index (χ4n) is 4.15. The van der Waals surface area contributed by atoms with E-state index in [-0.39, 0.29) is 29.9 Å². The predicted molar refractivity (Wildman–Crippen MR) is 118 cm³/mol. The number of benzene rings is 1. The van der Waals surface area contributed by atoms with E-state index in [0.29, 0.717) is 11.6 Å². The monoisotopic (exact) mass is 433 g/mol. The van der Waals surface area contributed by atoms with E-state index in [1.54, 1.807) is 23.0 Å². The van der Waals surface area contributed by atoms with Gasteiger partial charge in [-0.25, -0.2) is 9.97 Å². The molecule has 1 saturated carbocycles. The molecule has 1 aromatic carbocycles. The van der Waals surface area contributed by atoms with Gasteiger partial charge in [0.2, 0.25) is 0 Å². The van der Waals surface area contributed by atoms with Crippen molar-refractivity contribution in [1.29, 1.82) is 0 Å². The van der Waals surface area contributed by atoms with E-state index in [9.17, 15) is 4.79 Å². The van der Waals surface area contributed by atoms with Gasteiger partial charge >= 0.3 is 0 Å². The normalized spacial score (nSPS) is 18.4. The van der Waals surface area contributed by atoms with Crippen molar-refractivity contribution in [2.75, 3.05) is 13.2 Å². The van der Waals surface area contributed by atoms with Crippen molar-refractivity contribution in [1.82, 2.24) is 14.5 Å². The number of aromatic nitrogens is 3. The van der Waals surface area contributed by atoms with Crippen molar-refractivity contribution in [3.8, 4) is 5.75 Å². The molecule has 1 aliphatic heterocycles. The molecule has 0 unspecified atom stereocenters. The minimum absolute atomic E-state index is 0.112. The molecular weight excluding hydrogens is 406 g/mol. The lowest BCUT2D eigenvalue weighted by atomic mass is 10.0. The maximum atomic E-state index is 12.9. The molecule has 1 saturated heterocycles. The van der Waals surface area contributed by atoms with Crippen LogP contribution in [0.3, 0.4) is 0 Å². The molecule has 1 spiro atoms. The number of ether oxygens (including phenoxy) is 3. The van der Waals surface area contributed by atoms with Crippen LogP contribution in [-0.2, 0) is 16.1 Å². The first-order valence-electron chi connectivity index (χ1n) is 11.0. The third-order valence-electron chi connectivity index (χ3n) is 6.34. The van der Waals surface area contributed by atoms with Crippen LogP contribution in [0.4, 0.5) is 0 Å². The largest absolute Gasteiger partial charge is 0.485 e. The summed E-state index contributed by atoms with van der Waals surface area (Å²) in [7, 11) is 0. The predicted octanol–water partition coefficient (Wildman–Crippen LogP) is 3.96. The second kappa shape index (κ2) is 8.48. The van der Waals surface area contributed by atoms with Crippen LogP contribution in [0.15, 0.2) is 59.7 Å². The van der Waals surface area contributed by atoms with Gasteiger partial charge < -0.3 is 18.8 Å². The van der Waals surface area contributed by atoms with Crippen LogP contribution in [-0.4, -0.2) is 27.7 Å². The summed E-state index contributed by atoms with van der Waals surface area (Å²) < 4.78 is 19.4. The van der Waals surface area contributed by atoms with Crippen molar-refractivity contribution in [2.24, 2.45) is 5.41 Å². The summed E-state index contributed by atoms with van der Waals surface area (Å²) in [6, 6.07) is 13.1. The quantitative estimate of drug-likeness (QED) is 0.586. The molecule has 7 nitrogen and oxygen atoms in total. The number of nitrogens with zero attached hydrogens (tertiary/aromatic N) is 3. The highest BCUT2D eigenvalue weighted by Crippen LogP contribution is 2.50. The maximum absolute atomic E-state index is 12.9. The van der Waals surface area contributed by atoms with E-state index >= 15 is 0 Å². The van der Waals surface area contributed by atoms with Gasteiger partial charge in [0.15, 0.2) is 12.1 Å². The highest BCUT2D eigenvalue weighted by Gasteiger charge is 2.47. The molecule has 2 aliphatic rings. The van der Waals surface area contributed by atoms with Crippen LogP contribution >= 0.6 is 0 Å². The topological polar surface area (TPSA) is 75.5 Å². The van der Waals surface area contributed by atoms with Crippen molar-refractivity contribution in [3.05, 3.63) is 87.9 Å². The maximum Gasteiger partial charge on any atom is 0.254 e. The van der Waals surface area contributed by atoms with Gasteiger partial charge in [-0.3, -0.25) is 4.79 Å². The number of rotatable bonds is 6. The van der Waals surface area contributed by atoms with Crippen molar-refractivity contribution in [2.45, 2.75) is 45.6 Å². The van der Waals surface area contributed by atoms with E-state index in [1.807, 2.05) is 44.2 Å². The first kappa shape index (κ1) is 20.8. The molecule has 166 valence electrons. The standard InChI is InChI=1S/C25H27N3O4/c1-17-12-21(30-14-22-26-10-3-11-27-22)13-23(29)28(17)18(2)19-4-6-20(7-5-19)24-31-15-25(8-9-25)16-32-24/h3-7,10-13,18,24H,8-9,14-16H2,1-2H3/t18-/m1/s1.